The lowest BCUT2D eigenvalue weighted by molar-refractivity contribution is -0.136. The van der Waals surface area contributed by atoms with Gasteiger partial charge in [-0.2, -0.15) is 0 Å². The first kappa shape index (κ1) is 22.2. The predicted octanol–water partition coefficient (Wildman–Crippen LogP) is 4.09. The summed E-state index contributed by atoms with van der Waals surface area (Å²) < 4.78 is 16.3. The highest BCUT2D eigenvalue weighted by atomic mass is 16.5. The van der Waals surface area contributed by atoms with Crippen molar-refractivity contribution in [1.29, 1.82) is 0 Å². The van der Waals surface area contributed by atoms with Gasteiger partial charge in [-0.15, -0.1) is 0 Å². The van der Waals surface area contributed by atoms with E-state index in [1.54, 1.807) is 44.6 Å². The van der Waals surface area contributed by atoms with Crippen molar-refractivity contribution in [3.8, 4) is 17.2 Å². The zero-order valence-corrected chi connectivity index (χ0v) is 18.4. The van der Waals surface area contributed by atoms with Gasteiger partial charge in [-0.3, -0.25) is 14.5 Å². The lowest BCUT2D eigenvalue weighted by Gasteiger charge is -2.15. The molecule has 31 heavy (non-hydrogen) atoms. The minimum atomic E-state index is -0.363. The second kappa shape index (κ2) is 10.0. The number of carbonyl (C=O) groups is 2. The fraction of sp³-hybridized carbons (Fsp3) is 0.333. The zero-order chi connectivity index (χ0) is 22.4. The summed E-state index contributed by atoms with van der Waals surface area (Å²) in [5.74, 6) is 1.17. The maximum atomic E-state index is 13.2. The van der Waals surface area contributed by atoms with Gasteiger partial charge in [0, 0.05) is 12.6 Å². The van der Waals surface area contributed by atoms with Crippen molar-refractivity contribution in [1.82, 2.24) is 4.90 Å². The third-order valence-electron chi connectivity index (χ3n) is 4.90. The van der Waals surface area contributed by atoms with Gasteiger partial charge in [0.25, 0.3) is 11.8 Å². The van der Waals surface area contributed by atoms with E-state index in [9.17, 15) is 9.59 Å². The molecule has 0 atom stereocenters. The average molecular weight is 424 g/mol. The Labute approximate surface area is 182 Å². The first-order valence-corrected chi connectivity index (χ1v) is 10.4. The van der Waals surface area contributed by atoms with Gasteiger partial charge in [-0.25, -0.2) is 0 Å². The minimum Gasteiger partial charge on any atom is -0.497 e. The van der Waals surface area contributed by atoms with Crippen molar-refractivity contribution < 1.29 is 23.8 Å². The van der Waals surface area contributed by atoms with Crippen LogP contribution in [0.1, 0.15) is 32.3 Å². The van der Waals surface area contributed by atoms with Gasteiger partial charge in [-0.05, 0) is 42.7 Å². The fourth-order valence-electron chi connectivity index (χ4n) is 3.37. The van der Waals surface area contributed by atoms with Crippen molar-refractivity contribution in [2.45, 2.75) is 26.7 Å². The van der Waals surface area contributed by atoms with E-state index >= 15 is 0 Å². The molecule has 0 saturated heterocycles. The summed E-state index contributed by atoms with van der Waals surface area (Å²) in [6.07, 6.45) is 1.58. The largest absolute Gasteiger partial charge is 0.497 e. The molecule has 1 N–H and O–H groups in total. The summed E-state index contributed by atoms with van der Waals surface area (Å²) in [6.45, 7) is 4.93. The molecule has 1 aliphatic heterocycles. The monoisotopic (exact) mass is 424 g/mol. The lowest BCUT2D eigenvalue weighted by Crippen LogP contribution is -2.33. The Bertz CT molecular complexity index is 982. The molecule has 0 unspecified atom stereocenters. The van der Waals surface area contributed by atoms with Crippen LogP contribution in [0.25, 0.3) is 5.57 Å². The summed E-state index contributed by atoms with van der Waals surface area (Å²) in [5, 5.41) is 3.13. The van der Waals surface area contributed by atoms with Crippen LogP contribution < -0.4 is 19.5 Å². The minimum absolute atomic E-state index is 0.215. The number of rotatable bonds is 10. The number of carbonyl (C=O) groups excluding carboxylic acids is 2. The third kappa shape index (κ3) is 4.66. The summed E-state index contributed by atoms with van der Waals surface area (Å²) >= 11 is 0. The van der Waals surface area contributed by atoms with E-state index in [4.69, 9.17) is 14.2 Å². The smallest absolute Gasteiger partial charge is 0.278 e. The maximum Gasteiger partial charge on any atom is 0.278 e. The van der Waals surface area contributed by atoms with Crippen LogP contribution in [0.4, 0.5) is 5.69 Å². The highest BCUT2D eigenvalue weighted by Gasteiger charge is 2.39. The van der Waals surface area contributed by atoms with Crippen LogP contribution in [0.3, 0.4) is 0 Å². The van der Waals surface area contributed by atoms with Crippen LogP contribution in [0.15, 0.2) is 48.2 Å². The van der Waals surface area contributed by atoms with E-state index < -0.39 is 0 Å². The SMILES string of the molecule is CCCOc1ccc(C2=C(Nc3cc(OC)ccc3OC)C(=O)N(CCC)C2=O)cc1. The van der Waals surface area contributed by atoms with Gasteiger partial charge in [-0.1, -0.05) is 26.0 Å². The molecule has 7 heteroatoms. The van der Waals surface area contributed by atoms with Gasteiger partial charge < -0.3 is 19.5 Å². The predicted molar refractivity (Wildman–Crippen MR) is 119 cm³/mol. The van der Waals surface area contributed by atoms with Crippen molar-refractivity contribution >= 4 is 23.1 Å². The topological polar surface area (TPSA) is 77.1 Å². The van der Waals surface area contributed by atoms with Gasteiger partial charge >= 0.3 is 0 Å². The Morgan fingerprint density at radius 2 is 1.58 bits per heavy atom. The lowest BCUT2D eigenvalue weighted by atomic mass is 10.0. The van der Waals surface area contributed by atoms with E-state index in [0.29, 0.717) is 47.9 Å². The number of amides is 2. The molecule has 3 rings (SSSR count). The molecule has 0 spiro atoms. The van der Waals surface area contributed by atoms with E-state index in [0.717, 1.165) is 12.2 Å². The Hall–Kier alpha value is -3.48. The molecule has 0 saturated carbocycles. The van der Waals surface area contributed by atoms with Crippen LogP contribution >= 0.6 is 0 Å². The second-order valence-corrected chi connectivity index (χ2v) is 7.08. The molecule has 0 aromatic heterocycles. The first-order chi connectivity index (χ1) is 15.0. The molecular weight excluding hydrogens is 396 g/mol. The number of hydrogen-bond donors (Lipinski definition) is 1. The molecule has 2 aromatic carbocycles. The van der Waals surface area contributed by atoms with Crippen LogP contribution in [-0.4, -0.2) is 44.1 Å². The molecule has 0 radical (unpaired) electrons. The van der Waals surface area contributed by atoms with Gasteiger partial charge in [0.2, 0.25) is 0 Å². The number of benzene rings is 2. The molecule has 164 valence electrons. The second-order valence-electron chi connectivity index (χ2n) is 7.08. The zero-order valence-electron chi connectivity index (χ0n) is 18.4. The van der Waals surface area contributed by atoms with E-state index in [1.165, 1.54) is 4.90 Å². The van der Waals surface area contributed by atoms with Crippen molar-refractivity contribution in [3.05, 3.63) is 53.7 Å². The van der Waals surface area contributed by atoms with E-state index in [-0.39, 0.29) is 17.5 Å². The maximum absolute atomic E-state index is 13.2. The first-order valence-electron chi connectivity index (χ1n) is 10.4. The highest BCUT2D eigenvalue weighted by Crippen LogP contribution is 2.35. The Kier molecular flexibility index (Phi) is 7.18. The Morgan fingerprint density at radius 3 is 2.19 bits per heavy atom. The molecule has 1 aliphatic rings. The third-order valence-corrected chi connectivity index (χ3v) is 4.90. The number of nitrogens with one attached hydrogen (secondary N) is 1. The standard InChI is InChI=1S/C24H28N2O5/c1-5-13-26-23(27)21(16-7-9-17(10-8-16)31-14-6-2)22(24(26)28)25-19-15-18(29-3)11-12-20(19)30-4/h7-12,15,25H,5-6,13-14H2,1-4H3. The van der Waals surface area contributed by atoms with Gasteiger partial charge in [0.15, 0.2) is 0 Å². The van der Waals surface area contributed by atoms with E-state index in [2.05, 4.69) is 5.32 Å². The van der Waals surface area contributed by atoms with Gasteiger partial charge in [0.1, 0.15) is 22.9 Å². The van der Waals surface area contributed by atoms with Crippen molar-refractivity contribution in [3.63, 3.8) is 0 Å². The molecule has 0 bridgehead atoms. The Morgan fingerprint density at radius 1 is 0.871 bits per heavy atom. The fourth-order valence-corrected chi connectivity index (χ4v) is 3.37. The number of nitrogens with zero attached hydrogens (tertiary/aromatic N) is 1. The van der Waals surface area contributed by atoms with Crippen LogP contribution in [0, 0.1) is 0 Å². The average Bonchev–Trinajstić information content (AvgIpc) is 3.02. The molecular formula is C24H28N2O5. The van der Waals surface area contributed by atoms with Crippen molar-refractivity contribution in [2.24, 2.45) is 0 Å². The number of anilines is 1. The number of ether oxygens (including phenoxy) is 3. The van der Waals surface area contributed by atoms with Crippen LogP contribution in [0.2, 0.25) is 0 Å². The quantitative estimate of drug-likeness (QED) is 0.579. The molecule has 2 amide bonds. The summed E-state index contributed by atoms with van der Waals surface area (Å²) in [4.78, 5) is 27.6. The van der Waals surface area contributed by atoms with Gasteiger partial charge in [0.05, 0.1) is 32.1 Å². The van der Waals surface area contributed by atoms with Crippen molar-refractivity contribution in [2.75, 3.05) is 32.7 Å². The summed E-state index contributed by atoms with van der Waals surface area (Å²) in [5.41, 5.74) is 1.72. The number of hydrogen-bond acceptors (Lipinski definition) is 6. The number of methoxy groups -OCH3 is 2. The number of imide groups is 1. The van der Waals surface area contributed by atoms with Crippen LogP contribution in [-0.2, 0) is 9.59 Å². The molecule has 7 nitrogen and oxygen atoms in total. The Balaban J connectivity index is 2.04. The highest BCUT2D eigenvalue weighted by molar-refractivity contribution is 6.36. The summed E-state index contributed by atoms with van der Waals surface area (Å²) in [7, 11) is 3.11. The summed E-state index contributed by atoms with van der Waals surface area (Å²) in [6, 6.07) is 12.4. The van der Waals surface area contributed by atoms with E-state index in [1.807, 2.05) is 26.0 Å². The molecule has 0 aliphatic carbocycles. The normalized spacial score (nSPS) is 13.6. The molecule has 2 aromatic rings. The van der Waals surface area contributed by atoms with Crippen LogP contribution in [0.5, 0.6) is 17.2 Å². The molecule has 0 fully saturated rings. The molecule has 1 heterocycles.